The van der Waals surface area contributed by atoms with Crippen molar-refractivity contribution in [2.45, 2.75) is 58.9 Å². The van der Waals surface area contributed by atoms with E-state index in [1.165, 1.54) is 45.2 Å². The number of methoxy groups -OCH3 is 1. The van der Waals surface area contributed by atoms with E-state index in [-0.39, 0.29) is 0 Å². The van der Waals surface area contributed by atoms with Crippen LogP contribution in [0.4, 0.5) is 0 Å². The summed E-state index contributed by atoms with van der Waals surface area (Å²) in [7, 11) is 1.79. The van der Waals surface area contributed by atoms with Crippen LogP contribution >= 0.6 is 0 Å². The molecule has 0 aromatic carbocycles. The maximum Gasteiger partial charge on any atom is 0.0589 e. The van der Waals surface area contributed by atoms with E-state index in [4.69, 9.17) is 4.74 Å². The molecule has 0 saturated heterocycles. The van der Waals surface area contributed by atoms with Crippen LogP contribution in [0.25, 0.3) is 0 Å². The standard InChI is InChI=1S/C15H34N2O/c1-5-15(3)17(13-14-18-4)12-10-8-7-9-11-16-6-2/h15-16H,5-14H2,1-4H3. The smallest absolute Gasteiger partial charge is 0.0589 e. The number of hydrogen-bond acceptors (Lipinski definition) is 3. The predicted molar refractivity (Wildman–Crippen MR) is 80.2 cm³/mol. The van der Waals surface area contributed by atoms with E-state index in [0.717, 1.165) is 19.7 Å². The fourth-order valence-electron chi connectivity index (χ4n) is 2.11. The van der Waals surface area contributed by atoms with E-state index < -0.39 is 0 Å². The lowest BCUT2D eigenvalue weighted by Crippen LogP contribution is -2.36. The molecule has 110 valence electrons. The first-order chi connectivity index (χ1) is 8.76. The summed E-state index contributed by atoms with van der Waals surface area (Å²) >= 11 is 0. The lowest BCUT2D eigenvalue weighted by Gasteiger charge is -2.28. The SMILES string of the molecule is CCNCCCCCCN(CCOC)C(C)CC. The number of nitrogens with zero attached hydrogens (tertiary/aromatic N) is 1. The molecule has 0 fully saturated rings. The van der Waals surface area contributed by atoms with E-state index in [2.05, 4.69) is 31.0 Å². The lowest BCUT2D eigenvalue weighted by atomic mass is 10.1. The molecule has 0 aliphatic heterocycles. The third-order valence-corrected chi connectivity index (χ3v) is 3.60. The summed E-state index contributed by atoms with van der Waals surface area (Å²) < 4.78 is 5.19. The third-order valence-electron chi connectivity index (χ3n) is 3.60. The van der Waals surface area contributed by atoms with Gasteiger partial charge in [0.05, 0.1) is 6.61 Å². The van der Waals surface area contributed by atoms with E-state index in [0.29, 0.717) is 6.04 Å². The first-order valence-corrected chi connectivity index (χ1v) is 7.69. The van der Waals surface area contributed by atoms with Crippen molar-refractivity contribution in [3.63, 3.8) is 0 Å². The van der Waals surface area contributed by atoms with E-state index in [1.54, 1.807) is 7.11 Å². The number of ether oxygens (including phenoxy) is 1. The average molecular weight is 258 g/mol. The van der Waals surface area contributed by atoms with Gasteiger partial charge in [-0.05, 0) is 45.8 Å². The first kappa shape index (κ1) is 17.9. The zero-order valence-electron chi connectivity index (χ0n) is 13.0. The molecule has 0 amide bonds. The van der Waals surface area contributed by atoms with Gasteiger partial charge in [0, 0.05) is 19.7 Å². The van der Waals surface area contributed by atoms with Crippen molar-refractivity contribution in [1.29, 1.82) is 0 Å². The molecule has 0 aliphatic rings. The number of rotatable bonds is 13. The summed E-state index contributed by atoms with van der Waals surface area (Å²) in [6, 6.07) is 0.682. The molecule has 3 nitrogen and oxygen atoms in total. The molecule has 3 heteroatoms. The van der Waals surface area contributed by atoms with Gasteiger partial charge in [0.1, 0.15) is 0 Å². The second kappa shape index (κ2) is 13.3. The summed E-state index contributed by atoms with van der Waals surface area (Å²) in [5.41, 5.74) is 0. The molecule has 0 bridgehead atoms. The highest BCUT2D eigenvalue weighted by Crippen LogP contribution is 2.07. The highest BCUT2D eigenvalue weighted by molar-refractivity contribution is 4.65. The minimum absolute atomic E-state index is 0.682. The van der Waals surface area contributed by atoms with Gasteiger partial charge in [-0.25, -0.2) is 0 Å². The quantitative estimate of drug-likeness (QED) is 0.514. The van der Waals surface area contributed by atoms with Gasteiger partial charge >= 0.3 is 0 Å². The number of hydrogen-bond donors (Lipinski definition) is 1. The van der Waals surface area contributed by atoms with Crippen molar-refractivity contribution in [2.75, 3.05) is 39.9 Å². The van der Waals surface area contributed by atoms with Gasteiger partial charge in [-0.2, -0.15) is 0 Å². The van der Waals surface area contributed by atoms with Crippen molar-refractivity contribution < 1.29 is 4.74 Å². The maximum absolute atomic E-state index is 5.19. The van der Waals surface area contributed by atoms with Crippen LogP contribution in [0.3, 0.4) is 0 Å². The summed E-state index contributed by atoms with van der Waals surface area (Å²) in [5, 5.41) is 3.38. The van der Waals surface area contributed by atoms with Gasteiger partial charge in [0.25, 0.3) is 0 Å². The molecular weight excluding hydrogens is 224 g/mol. The molecule has 0 aromatic heterocycles. The number of unbranched alkanes of at least 4 members (excludes halogenated alkanes) is 3. The average Bonchev–Trinajstić information content (AvgIpc) is 2.40. The molecular formula is C15H34N2O. The number of nitrogens with one attached hydrogen (secondary N) is 1. The van der Waals surface area contributed by atoms with Gasteiger partial charge in [0.2, 0.25) is 0 Å². The molecule has 1 N–H and O–H groups in total. The summed E-state index contributed by atoms with van der Waals surface area (Å²) in [6.45, 7) is 12.2. The molecule has 0 aliphatic carbocycles. The van der Waals surface area contributed by atoms with Crippen molar-refractivity contribution in [2.24, 2.45) is 0 Å². The fourth-order valence-corrected chi connectivity index (χ4v) is 2.11. The summed E-state index contributed by atoms with van der Waals surface area (Å²) in [4.78, 5) is 2.56. The third kappa shape index (κ3) is 9.86. The maximum atomic E-state index is 5.19. The van der Waals surface area contributed by atoms with Crippen LogP contribution in [0, 0.1) is 0 Å². The highest BCUT2D eigenvalue weighted by Gasteiger charge is 2.10. The van der Waals surface area contributed by atoms with E-state index >= 15 is 0 Å². The zero-order valence-corrected chi connectivity index (χ0v) is 13.0. The van der Waals surface area contributed by atoms with Gasteiger partial charge in [-0.15, -0.1) is 0 Å². The Labute approximate surface area is 114 Å². The molecule has 1 atom stereocenters. The van der Waals surface area contributed by atoms with Gasteiger partial charge in [-0.1, -0.05) is 26.7 Å². The Hall–Kier alpha value is -0.120. The molecule has 0 rings (SSSR count). The van der Waals surface area contributed by atoms with E-state index in [1.807, 2.05) is 0 Å². The monoisotopic (exact) mass is 258 g/mol. The van der Waals surface area contributed by atoms with Crippen LogP contribution in [0.2, 0.25) is 0 Å². The minimum Gasteiger partial charge on any atom is -0.383 e. The fraction of sp³-hybridized carbons (Fsp3) is 1.00. The van der Waals surface area contributed by atoms with Gasteiger partial charge in [-0.3, -0.25) is 4.90 Å². The second-order valence-electron chi connectivity index (χ2n) is 5.05. The van der Waals surface area contributed by atoms with Crippen LogP contribution in [0.1, 0.15) is 52.9 Å². The Morgan fingerprint density at radius 3 is 2.39 bits per heavy atom. The van der Waals surface area contributed by atoms with Gasteiger partial charge in [0.15, 0.2) is 0 Å². The molecule has 0 aromatic rings. The Bertz CT molecular complexity index is 165. The molecule has 0 spiro atoms. The first-order valence-electron chi connectivity index (χ1n) is 7.69. The molecule has 1 unspecified atom stereocenters. The van der Waals surface area contributed by atoms with Crippen molar-refractivity contribution in [3.05, 3.63) is 0 Å². The molecule has 0 radical (unpaired) electrons. The molecule has 0 heterocycles. The van der Waals surface area contributed by atoms with E-state index in [9.17, 15) is 0 Å². The lowest BCUT2D eigenvalue weighted by molar-refractivity contribution is 0.121. The Morgan fingerprint density at radius 2 is 1.78 bits per heavy atom. The van der Waals surface area contributed by atoms with Crippen LogP contribution in [-0.2, 0) is 4.74 Å². The van der Waals surface area contributed by atoms with Crippen LogP contribution in [0.5, 0.6) is 0 Å². The van der Waals surface area contributed by atoms with Crippen LogP contribution in [-0.4, -0.2) is 50.8 Å². The normalized spacial score (nSPS) is 13.2. The van der Waals surface area contributed by atoms with Crippen LogP contribution in [0.15, 0.2) is 0 Å². The van der Waals surface area contributed by atoms with Crippen LogP contribution < -0.4 is 5.32 Å². The Kier molecular flexibility index (Phi) is 13.2. The Morgan fingerprint density at radius 1 is 1.06 bits per heavy atom. The topological polar surface area (TPSA) is 24.5 Å². The van der Waals surface area contributed by atoms with Crippen molar-refractivity contribution >= 4 is 0 Å². The zero-order chi connectivity index (χ0) is 13.6. The van der Waals surface area contributed by atoms with Crippen molar-refractivity contribution in [3.8, 4) is 0 Å². The predicted octanol–water partition coefficient (Wildman–Crippen LogP) is 2.90. The van der Waals surface area contributed by atoms with Crippen molar-refractivity contribution in [1.82, 2.24) is 10.2 Å². The summed E-state index contributed by atoms with van der Waals surface area (Å²) in [5.74, 6) is 0. The van der Waals surface area contributed by atoms with Gasteiger partial charge < -0.3 is 10.1 Å². The highest BCUT2D eigenvalue weighted by atomic mass is 16.5. The molecule has 0 saturated carbocycles. The minimum atomic E-state index is 0.682. The second-order valence-corrected chi connectivity index (χ2v) is 5.05. The largest absolute Gasteiger partial charge is 0.383 e. The summed E-state index contributed by atoms with van der Waals surface area (Å²) in [6.07, 6.45) is 6.57. The Balaban J connectivity index is 3.56. The molecule has 18 heavy (non-hydrogen) atoms.